The molecule has 0 atom stereocenters. The van der Waals surface area contributed by atoms with E-state index in [9.17, 15) is 0 Å². The monoisotopic (exact) mass is 677 g/mol. The molecule has 0 aliphatic rings. The first-order valence-electron chi connectivity index (χ1n) is 17.8. The van der Waals surface area contributed by atoms with Gasteiger partial charge in [0.25, 0.3) is 0 Å². The van der Waals surface area contributed by atoms with E-state index in [0.717, 1.165) is 83.3 Å². The van der Waals surface area contributed by atoms with Crippen molar-refractivity contribution in [1.82, 2.24) is 15.0 Å². The van der Waals surface area contributed by atoms with Crippen LogP contribution in [-0.2, 0) is 0 Å². The molecule has 3 heterocycles. The number of pyridine rings is 1. The predicted octanol–water partition coefficient (Wildman–Crippen LogP) is 12.9. The van der Waals surface area contributed by atoms with Gasteiger partial charge in [0.05, 0.1) is 28.0 Å². The van der Waals surface area contributed by atoms with E-state index < -0.39 is 0 Å². The molecule has 10 aromatic rings. The molecule has 0 radical (unpaired) electrons. The highest BCUT2D eigenvalue weighted by atomic mass is 16.3. The summed E-state index contributed by atoms with van der Waals surface area (Å²) >= 11 is 0. The number of furan rings is 1. The maximum atomic E-state index is 6.50. The third-order valence-electron chi connectivity index (χ3n) is 9.91. The lowest BCUT2D eigenvalue weighted by atomic mass is 9.98. The molecule has 10 rings (SSSR count). The van der Waals surface area contributed by atoms with Gasteiger partial charge in [0.1, 0.15) is 11.2 Å². The van der Waals surface area contributed by atoms with Crippen molar-refractivity contribution in [3.63, 3.8) is 0 Å². The second-order valence-corrected chi connectivity index (χ2v) is 13.2. The van der Waals surface area contributed by atoms with E-state index in [1.165, 1.54) is 11.1 Å². The average Bonchev–Trinajstić information content (AvgIpc) is 3.64. The Kier molecular flexibility index (Phi) is 7.43. The van der Waals surface area contributed by atoms with Crippen LogP contribution in [-0.4, -0.2) is 15.0 Å². The average molecular weight is 678 g/mol. The molecular formula is C49H31N3O. The largest absolute Gasteiger partial charge is 0.455 e. The van der Waals surface area contributed by atoms with Crippen LogP contribution in [0.2, 0.25) is 0 Å². The third kappa shape index (κ3) is 5.63. The van der Waals surface area contributed by atoms with Crippen LogP contribution in [0.5, 0.6) is 0 Å². The molecule has 4 heteroatoms. The summed E-state index contributed by atoms with van der Waals surface area (Å²) in [5.74, 6) is 0.695. The smallest absolute Gasteiger partial charge is 0.160 e. The highest BCUT2D eigenvalue weighted by molar-refractivity contribution is 6.19. The normalized spacial score (nSPS) is 11.4. The number of rotatable bonds is 6. The molecule has 0 saturated heterocycles. The van der Waals surface area contributed by atoms with E-state index in [1.807, 2.05) is 42.5 Å². The number of hydrogen-bond donors (Lipinski definition) is 0. The van der Waals surface area contributed by atoms with Gasteiger partial charge in [-0.2, -0.15) is 0 Å². The predicted molar refractivity (Wildman–Crippen MR) is 217 cm³/mol. The van der Waals surface area contributed by atoms with Crippen LogP contribution in [0.3, 0.4) is 0 Å². The van der Waals surface area contributed by atoms with Crippen molar-refractivity contribution in [3.05, 3.63) is 188 Å². The lowest BCUT2D eigenvalue weighted by Gasteiger charge is -2.11. The van der Waals surface area contributed by atoms with E-state index in [1.54, 1.807) is 0 Å². The second kappa shape index (κ2) is 12.9. The third-order valence-corrected chi connectivity index (χ3v) is 9.91. The fourth-order valence-electron chi connectivity index (χ4n) is 7.20. The number of nitrogens with zero attached hydrogens (tertiary/aromatic N) is 3. The molecule has 0 N–H and O–H groups in total. The van der Waals surface area contributed by atoms with Crippen molar-refractivity contribution >= 4 is 32.8 Å². The van der Waals surface area contributed by atoms with Gasteiger partial charge in [-0.3, -0.25) is 0 Å². The van der Waals surface area contributed by atoms with Crippen LogP contribution < -0.4 is 0 Å². The maximum Gasteiger partial charge on any atom is 0.160 e. The number of aromatic nitrogens is 3. The van der Waals surface area contributed by atoms with E-state index >= 15 is 0 Å². The summed E-state index contributed by atoms with van der Waals surface area (Å²) in [6.45, 7) is 0. The summed E-state index contributed by atoms with van der Waals surface area (Å²) in [7, 11) is 0. The Labute approximate surface area is 306 Å². The fourth-order valence-corrected chi connectivity index (χ4v) is 7.20. The zero-order valence-corrected chi connectivity index (χ0v) is 28.6. The van der Waals surface area contributed by atoms with Gasteiger partial charge in [-0.1, -0.05) is 164 Å². The molecule has 0 bridgehead atoms. The highest BCUT2D eigenvalue weighted by Crippen LogP contribution is 2.40. The summed E-state index contributed by atoms with van der Waals surface area (Å²) < 4.78 is 6.50. The molecule has 0 unspecified atom stereocenters. The molecule has 248 valence electrons. The molecule has 0 spiro atoms. The fraction of sp³-hybridized carbons (Fsp3) is 0. The van der Waals surface area contributed by atoms with Gasteiger partial charge in [0.15, 0.2) is 5.82 Å². The van der Waals surface area contributed by atoms with Crippen molar-refractivity contribution in [2.75, 3.05) is 0 Å². The number of fused-ring (bicyclic) bond motifs is 5. The summed E-state index contributed by atoms with van der Waals surface area (Å²) in [6.07, 6.45) is 0. The summed E-state index contributed by atoms with van der Waals surface area (Å²) in [5.41, 5.74) is 13.9. The Balaban J connectivity index is 1.04. The Hall–Kier alpha value is -7.17. The Morgan fingerprint density at radius 1 is 0.340 bits per heavy atom. The minimum atomic E-state index is 0.695. The number of hydrogen-bond acceptors (Lipinski definition) is 4. The summed E-state index contributed by atoms with van der Waals surface area (Å²) in [6, 6.07) is 64.9. The molecule has 0 aliphatic heterocycles. The SMILES string of the molecule is c1ccc(-c2ccc(-c3cc(-c4ccc(-c5ccc6c(c5)nc(-c5ccccc5)c5c7ccccc7oc65)cc4)nc(-c4ccccc4)n3)cc2)cc1. The molecule has 0 aliphatic carbocycles. The van der Waals surface area contributed by atoms with E-state index in [4.69, 9.17) is 19.4 Å². The van der Waals surface area contributed by atoms with Crippen LogP contribution >= 0.6 is 0 Å². The van der Waals surface area contributed by atoms with Crippen LogP contribution in [0.4, 0.5) is 0 Å². The van der Waals surface area contributed by atoms with Crippen molar-refractivity contribution in [1.29, 1.82) is 0 Å². The van der Waals surface area contributed by atoms with Crippen molar-refractivity contribution in [3.8, 4) is 67.4 Å². The highest BCUT2D eigenvalue weighted by Gasteiger charge is 2.18. The lowest BCUT2D eigenvalue weighted by molar-refractivity contribution is 0.672. The van der Waals surface area contributed by atoms with E-state index in [2.05, 4.69) is 146 Å². The zero-order valence-electron chi connectivity index (χ0n) is 28.6. The van der Waals surface area contributed by atoms with E-state index in [-0.39, 0.29) is 0 Å². The Morgan fingerprint density at radius 2 is 0.830 bits per heavy atom. The standard InChI is InChI=1S/C49H31N3O/c1-4-12-32(13-5-1)33-20-24-35(25-21-33)42-31-43(52-49(51-42)38-16-8-3-9-17-38)36-26-22-34(23-27-36)39-28-29-40-44(30-39)50-47(37-14-6-2-7-15-37)46-41-18-10-11-19-45(41)53-48(40)46/h1-31H. The quantitative estimate of drug-likeness (QED) is 0.176. The number of para-hydroxylation sites is 1. The first-order valence-corrected chi connectivity index (χ1v) is 17.8. The molecule has 0 amide bonds. The van der Waals surface area contributed by atoms with Gasteiger partial charge in [0, 0.05) is 33.0 Å². The lowest BCUT2D eigenvalue weighted by Crippen LogP contribution is -1.96. The zero-order chi connectivity index (χ0) is 35.1. The number of benzene rings is 7. The van der Waals surface area contributed by atoms with Crippen molar-refractivity contribution < 1.29 is 4.42 Å². The molecular weight excluding hydrogens is 647 g/mol. The summed E-state index contributed by atoms with van der Waals surface area (Å²) in [5, 5.41) is 3.11. The minimum absolute atomic E-state index is 0.695. The summed E-state index contributed by atoms with van der Waals surface area (Å²) in [4.78, 5) is 15.4. The molecule has 0 saturated carbocycles. The van der Waals surface area contributed by atoms with Crippen LogP contribution in [0, 0.1) is 0 Å². The van der Waals surface area contributed by atoms with Crippen molar-refractivity contribution in [2.24, 2.45) is 0 Å². The minimum Gasteiger partial charge on any atom is -0.455 e. The molecule has 7 aromatic carbocycles. The van der Waals surface area contributed by atoms with Crippen LogP contribution in [0.25, 0.3) is 100 Å². The van der Waals surface area contributed by atoms with Gasteiger partial charge in [-0.15, -0.1) is 0 Å². The van der Waals surface area contributed by atoms with Gasteiger partial charge >= 0.3 is 0 Å². The van der Waals surface area contributed by atoms with Gasteiger partial charge < -0.3 is 4.42 Å². The topological polar surface area (TPSA) is 51.8 Å². The molecule has 53 heavy (non-hydrogen) atoms. The van der Waals surface area contributed by atoms with Crippen molar-refractivity contribution in [2.45, 2.75) is 0 Å². The van der Waals surface area contributed by atoms with Crippen LogP contribution in [0.1, 0.15) is 0 Å². The van der Waals surface area contributed by atoms with Crippen LogP contribution in [0.15, 0.2) is 192 Å². The van der Waals surface area contributed by atoms with E-state index in [0.29, 0.717) is 5.82 Å². The van der Waals surface area contributed by atoms with Gasteiger partial charge in [-0.25, -0.2) is 15.0 Å². The second-order valence-electron chi connectivity index (χ2n) is 13.2. The molecule has 3 aromatic heterocycles. The molecule has 0 fully saturated rings. The van der Waals surface area contributed by atoms with Gasteiger partial charge in [-0.05, 0) is 46.5 Å². The first-order chi connectivity index (χ1) is 26.2. The Morgan fingerprint density at radius 3 is 1.47 bits per heavy atom. The molecule has 4 nitrogen and oxygen atoms in total. The first kappa shape index (κ1) is 30.6. The van der Waals surface area contributed by atoms with Gasteiger partial charge in [0.2, 0.25) is 0 Å². The Bertz CT molecular complexity index is 2900. The maximum absolute atomic E-state index is 6.50.